The summed E-state index contributed by atoms with van der Waals surface area (Å²) in [6, 6.07) is 12.9. The maximum Gasteiger partial charge on any atom is 0.229 e. The Balaban J connectivity index is 1.35. The monoisotopic (exact) mass is 438 g/mol. The number of ether oxygens (including phenoxy) is 2. The van der Waals surface area contributed by atoms with E-state index in [1.165, 1.54) is 10.8 Å². The normalized spacial score (nSPS) is 14.4. The molecule has 1 aromatic heterocycles. The van der Waals surface area contributed by atoms with Crippen molar-refractivity contribution in [2.45, 2.75) is 18.6 Å². The molecule has 0 bridgehead atoms. The number of aromatic nitrogens is 2. The van der Waals surface area contributed by atoms with Gasteiger partial charge in [0.15, 0.2) is 5.82 Å². The first kappa shape index (κ1) is 21.6. The van der Waals surface area contributed by atoms with E-state index in [2.05, 4.69) is 10.4 Å². The lowest BCUT2D eigenvalue weighted by Crippen LogP contribution is -2.48. The SMILES string of the molecule is COC1(c2ccc(CC(=O)Nc3ccn(Cc4cc(F)c(C#N)c(F)c4)n3)cc2)COC1. The van der Waals surface area contributed by atoms with Gasteiger partial charge in [0.25, 0.3) is 0 Å². The quantitative estimate of drug-likeness (QED) is 0.612. The van der Waals surface area contributed by atoms with Crippen molar-refractivity contribution >= 4 is 11.7 Å². The van der Waals surface area contributed by atoms with Crippen LogP contribution >= 0.6 is 0 Å². The maximum absolute atomic E-state index is 13.8. The highest BCUT2D eigenvalue weighted by molar-refractivity contribution is 5.91. The van der Waals surface area contributed by atoms with Crippen LogP contribution in [0.5, 0.6) is 0 Å². The number of nitrogens with zero attached hydrogens (tertiary/aromatic N) is 3. The fourth-order valence-electron chi connectivity index (χ4n) is 3.52. The van der Waals surface area contributed by atoms with E-state index < -0.39 is 22.8 Å². The standard InChI is InChI=1S/C23H20F2N4O3/c1-31-23(13-32-14-23)17-4-2-15(3-5-17)10-22(30)27-21-6-7-29(28-21)12-16-8-19(24)18(11-26)20(25)9-16/h2-9H,10,12-14H2,1H3,(H,27,28,30). The summed E-state index contributed by atoms with van der Waals surface area (Å²) in [5.74, 6) is -1.76. The Morgan fingerprint density at radius 1 is 1.22 bits per heavy atom. The van der Waals surface area contributed by atoms with E-state index in [0.717, 1.165) is 23.3 Å². The summed E-state index contributed by atoms with van der Waals surface area (Å²) in [5.41, 5.74) is 1.12. The average molecular weight is 438 g/mol. The molecular formula is C23H20F2N4O3. The van der Waals surface area contributed by atoms with Crippen LogP contribution in [0.15, 0.2) is 48.7 Å². The van der Waals surface area contributed by atoms with E-state index in [-0.39, 0.29) is 18.9 Å². The predicted molar refractivity (Wildman–Crippen MR) is 111 cm³/mol. The molecule has 2 aromatic carbocycles. The van der Waals surface area contributed by atoms with E-state index in [4.69, 9.17) is 14.7 Å². The number of methoxy groups -OCH3 is 1. The van der Waals surface area contributed by atoms with Gasteiger partial charge in [0.05, 0.1) is 26.2 Å². The minimum atomic E-state index is -0.921. The van der Waals surface area contributed by atoms with Gasteiger partial charge >= 0.3 is 0 Å². The molecule has 2 heterocycles. The van der Waals surface area contributed by atoms with Crippen molar-refractivity contribution in [3.05, 3.63) is 82.5 Å². The number of nitrogens with one attached hydrogen (secondary N) is 1. The topological polar surface area (TPSA) is 89.2 Å². The van der Waals surface area contributed by atoms with E-state index in [0.29, 0.717) is 24.6 Å². The predicted octanol–water partition coefficient (Wildman–Crippen LogP) is 3.13. The number of benzene rings is 2. The minimum absolute atomic E-state index is 0.0852. The first-order valence-electron chi connectivity index (χ1n) is 9.86. The Labute approximate surface area is 183 Å². The van der Waals surface area contributed by atoms with Gasteiger partial charge in [0, 0.05) is 19.4 Å². The third-order valence-corrected chi connectivity index (χ3v) is 5.37. The van der Waals surface area contributed by atoms with Gasteiger partial charge in [-0.05, 0) is 28.8 Å². The number of anilines is 1. The Morgan fingerprint density at radius 2 is 1.91 bits per heavy atom. The molecule has 164 valence electrons. The Kier molecular flexibility index (Phi) is 5.99. The van der Waals surface area contributed by atoms with E-state index in [1.807, 2.05) is 24.3 Å². The molecule has 1 fully saturated rings. The van der Waals surface area contributed by atoms with Crippen LogP contribution in [-0.4, -0.2) is 36.0 Å². The van der Waals surface area contributed by atoms with Crippen molar-refractivity contribution in [2.24, 2.45) is 0 Å². The molecule has 1 aliphatic rings. The fraction of sp³-hybridized carbons (Fsp3) is 0.261. The van der Waals surface area contributed by atoms with Gasteiger partial charge in [0.1, 0.15) is 28.9 Å². The first-order valence-corrected chi connectivity index (χ1v) is 9.86. The second-order valence-electron chi connectivity index (χ2n) is 7.56. The van der Waals surface area contributed by atoms with E-state index in [1.54, 1.807) is 19.4 Å². The number of carbonyl (C=O) groups excluding carboxylic acids is 1. The van der Waals surface area contributed by atoms with Crippen molar-refractivity contribution in [3.63, 3.8) is 0 Å². The summed E-state index contributed by atoms with van der Waals surface area (Å²) < 4.78 is 39.8. The van der Waals surface area contributed by atoms with Gasteiger partial charge in [-0.3, -0.25) is 9.48 Å². The highest BCUT2D eigenvalue weighted by Crippen LogP contribution is 2.33. The lowest BCUT2D eigenvalue weighted by Gasteiger charge is -2.40. The molecule has 0 saturated carbocycles. The molecule has 0 aliphatic carbocycles. The average Bonchev–Trinajstić information content (AvgIpc) is 3.15. The highest BCUT2D eigenvalue weighted by atomic mass is 19.1. The zero-order chi connectivity index (χ0) is 22.7. The molecule has 0 spiro atoms. The number of nitriles is 1. The summed E-state index contributed by atoms with van der Waals surface area (Å²) >= 11 is 0. The smallest absolute Gasteiger partial charge is 0.229 e. The van der Waals surface area contributed by atoms with Crippen LogP contribution in [0.4, 0.5) is 14.6 Å². The van der Waals surface area contributed by atoms with E-state index >= 15 is 0 Å². The second kappa shape index (κ2) is 8.86. The van der Waals surface area contributed by atoms with E-state index in [9.17, 15) is 13.6 Å². The van der Waals surface area contributed by atoms with Crippen molar-refractivity contribution in [2.75, 3.05) is 25.6 Å². The summed E-state index contributed by atoms with van der Waals surface area (Å²) in [4.78, 5) is 12.4. The van der Waals surface area contributed by atoms with Crippen molar-refractivity contribution in [1.82, 2.24) is 9.78 Å². The summed E-state index contributed by atoms with van der Waals surface area (Å²) in [7, 11) is 1.65. The Bertz CT molecular complexity index is 1150. The van der Waals surface area contributed by atoms with Crippen LogP contribution in [0.25, 0.3) is 0 Å². The number of carbonyl (C=O) groups is 1. The Morgan fingerprint density at radius 3 is 2.47 bits per heavy atom. The number of amides is 1. The van der Waals surface area contributed by atoms with Crippen LogP contribution < -0.4 is 5.32 Å². The molecule has 9 heteroatoms. The molecule has 0 radical (unpaired) electrons. The third kappa shape index (κ3) is 4.37. The molecule has 1 amide bonds. The third-order valence-electron chi connectivity index (χ3n) is 5.37. The number of rotatable bonds is 7. The minimum Gasteiger partial charge on any atom is -0.375 e. The van der Waals surface area contributed by atoms with Crippen LogP contribution in [0.1, 0.15) is 22.3 Å². The maximum atomic E-state index is 13.8. The van der Waals surface area contributed by atoms with Crippen molar-refractivity contribution in [1.29, 1.82) is 5.26 Å². The van der Waals surface area contributed by atoms with Crippen LogP contribution in [-0.2, 0) is 32.8 Å². The number of hydrogen-bond acceptors (Lipinski definition) is 5. The molecule has 1 N–H and O–H groups in total. The lowest BCUT2D eigenvalue weighted by molar-refractivity contribution is -0.202. The summed E-state index contributed by atoms with van der Waals surface area (Å²) in [6.07, 6.45) is 1.75. The van der Waals surface area contributed by atoms with Gasteiger partial charge in [-0.1, -0.05) is 24.3 Å². The van der Waals surface area contributed by atoms with Crippen LogP contribution in [0.2, 0.25) is 0 Å². The largest absolute Gasteiger partial charge is 0.375 e. The number of halogens is 2. The molecule has 7 nitrogen and oxygen atoms in total. The van der Waals surface area contributed by atoms with Crippen LogP contribution in [0.3, 0.4) is 0 Å². The Hall–Kier alpha value is -3.61. The molecule has 0 unspecified atom stereocenters. The molecule has 3 aromatic rings. The number of hydrogen-bond donors (Lipinski definition) is 1. The summed E-state index contributed by atoms with van der Waals surface area (Å²) in [6.45, 7) is 1.10. The molecule has 4 rings (SSSR count). The van der Waals surface area contributed by atoms with Gasteiger partial charge in [0.2, 0.25) is 5.91 Å². The zero-order valence-electron chi connectivity index (χ0n) is 17.3. The summed E-state index contributed by atoms with van der Waals surface area (Å²) in [5, 5.41) is 15.7. The van der Waals surface area contributed by atoms with Crippen molar-refractivity contribution in [3.8, 4) is 6.07 Å². The molecule has 0 atom stereocenters. The van der Waals surface area contributed by atoms with Gasteiger partial charge in [-0.2, -0.15) is 10.4 Å². The van der Waals surface area contributed by atoms with Gasteiger partial charge in [-0.25, -0.2) is 8.78 Å². The second-order valence-corrected chi connectivity index (χ2v) is 7.56. The van der Waals surface area contributed by atoms with Gasteiger partial charge in [-0.15, -0.1) is 0 Å². The zero-order valence-corrected chi connectivity index (χ0v) is 17.3. The lowest BCUT2D eigenvalue weighted by atomic mass is 9.91. The molecule has 32 heavy (non-hydrogen) atoms. The first-order chi connectivity index (χ1) is 15.4. The molecular weight excluding hydrogens is 418 g/mol. The molecule has 1 saturated heterocycles. The van der Waals surface area contributed by atoms with Crippen LogP contribution in [0, 0.1) is 23.0 Å². The fourth-order valence-corrected chi connectivity index (χ4v) is 3.52. The molecule has 1 aliphatic heterocycles. The highest BCUT2D eigenvalue weighted by Gasteiger charge is 2.40. The van der Waals surface area contributed by atoms with Gasteiger partial charge < -0.3 is 14.8 Å². The van der Waals surface area contributed by atoms with Crippen molar-refractivity contribution < 1.29 is 23.0 Å².